The van der Waals surface area contributed by atoms with Crippen molar-refractivity contribution in [3.63, 3.8) is 0 Å². The van der Waals surface area contributed by atoms with E-state index in [1.165, 1.54) is 33.0 Å². The highest BCUT2D eigenvalue weighted by atomic mass is 16.3. The zero-order chi connectivity index (χ0) is 30.9. The average molecular weight is 601 g/mol. The predicted octanol–water partition coefficient (Wildman–Crippen LogP) is 10.6. The van der Waals surface area contributed by atoms with E-state index in [1.54, 1.807) is 6.20 Å². The quantitative estimate of drug-likeness (QED) is 0.201. The average Bonchev–Trinajstić information content (AvgIpc) is 3.68. The second-order valence-electron chi connectivity index (χ2n) is 11.9. The summed E-state index contributed by atoms with van der Waals surface area (Å²) in [4.78, 5) is 19.6. The molecule has 3 aromatic heterocycles. The number of nitrogens with zero attached hydrogens (tertiary/aromatic N) is 4. The van der Waals surface area contributed by atoms with Crippen LogP contribution in [0.15, 0.2) is 150 Å². The number of aromatic nitrogens is 4. The lowest BCUT2D eigenvalue weighted by Gasteiger charge is -2.09. The summed E-state index contributed by atoms with van der Waals surface area (Å²) in [5.41, 5.74) is 11.4. The van der Waals surface area contributed by atoms with E-state index in [0.29, 0.717) is 23.2 Å². The molecule has 0 aliphatic heterocycles. The van der Waals surface area contributed by atoms with Crippen LogP contribution in [0.4, 0.5) is 0 Å². The van der Waals surface area contributed by atoms with Gasteiger partial charge in [0.1, 0.15) is 16.9 Å². The van der Waals surface area contributed by atoms with Crippen LogP contribution in [0, 0.1) is 0 Å². The van der Waals surface area contributed by atoms with Crippen molar-refractivity contribution in [1.29, 1.82) is 0 Å². The molecule has 0 saturated carbocycles. The molecule has 0 unspecified atom stereocenters. The smallest absolute Gasteiger partial charge is 0.183 e. The molecular weight excluding hydrogens is 576 g/mol. The van der Waals surface area contributed by atoms with E-state index >= 15 is 0 Å². The van der Waals surface area contributed by atoms with Crippen molar-refractivity contribution in [2.24, 2.45) is 0 Å². The van der Waals surface area contributed by atoms with Crippen molar-refractivity contribution < 1.29 is 4.42 Å². The summed E-state index contributed by atoms with van der Waals surface area (Å²) in [6.07, 6.45) is 1.76. The van der Waals surface area contributed by atoms with Gasteiger partial charge in [-0.25, -0.2) is 15.0 Å². The first-order valence-electron chi connectivity index (χ1n) is 15.6. The zero-order valence-corrected chi connectivity index (χ0v) is 25.1. The Morgan fingerprint density at radius 1 is 0.404 bits per heavy atom. The third-order valence-corrected chi connectivity index (χ3v) is 9.11. The molecule has 218 valence electrons. The van der Waals surface area contributed by atoms with Gasteiger partial charge in [-0.3, -0.25) is 4.98 Å². The van der Waals surface area contributed by atoms with Crippen molar-refractivity contribution in [2.75, 3.05) is 0 Å². The molecule has 0 N–H and O–H groups in total. The highest BCUT2D eigenvalue weighted by molar-refractivity contribution is 6.17. The number of hydrogen-bond acceptors (Lipinski definition) is 5. The lowest BCUT2D eigenvalue weighted by atomic mass is 9.95. The molecule has 47 heavy (non-hydrogen) atoms. The molecule has 0 amide bonds. The molecule has 0 spiro atoms. The summed E-state index contributed by atoms with van der Waals surface area (Å²) in [5, 5.41) is 4.41. The van der Waals surface area contributed by atoms with Gasteiger partial charge in [0.2, 0.25) is 0 Å². The molecule has 0 bridgehead atoms. The maximum Gasteiger partial charge on any atom is 0.183 e. The van der Waals surface area contributed by atoms with Crippen LogP contribution in [-0.2, 0) is 0 Å². The fourth-order valence-electron chi connectivity index (χ4n) is 6.97. The van der Waals surface area contributed by atoms with Gasteiger partial charge in [-0.05, 0) is 74.5 Å². The van der Waals surface area contributed by atoms with Gasteiger partial charge in [0, 0.05) is 22.7 Å². The summed E-state index contributed by atoms with van der Waals surface area (Å²) in [5.74, 6) is 1.69. The summed E-state index contributed by atoms with van der Waals surface area (Å²) >= 11 is 0. The van der Waals surface area contributed by atoms with Crippen LogP contribution < -0.4 is 0 Å². The molecule has 9 aromatic rings. The summed E-state index contributed by atoms with van der Waals surface area (Å²) in [7, 11) is 0. The highest BCUT2D eigenvalue weighted by Crippen LogP contribution is 2.48. The van der Waals surface area contributed by atoms with E-state index in [-0.39, 0.29) is 0 Å². The Labute approximate surface area is 269 Å². The summed E-state index contributed by atoms with van der Waals surface area (Å²) < 4.78 is 6.51. The predicted molar refractivity (Wildman–Crippen MR) is 189 cm³/mol. The number of benzene rings is 6. The van der Waals surface area contributed by atoms with E-state index in [4.69, 9.17) is 24.4 Å². The molecule has 0 saturated heterocycles. The molecule has 0 atom stereocenters. The van der Waals surface area contributed by atoms with Gasteiger partial charge in [-0.15, -0.1) is 0 Å². The second-order valence-corrected chi connectivity index (χ2v) is 11.9. The maximum absolute atomic E-state index is 6.51. The summed E-state index contributed by atoms with van der Waals surface area (Å²) in [6.45, 7) is 0. The molecular formula is C42H24N4O. The van der Waals surface area contributed by atoms with Crippen molar-refractivity contribution >= 4 is 32.7 Å². The number of pyridine rings is 1. The van der Waals surface area contributed by atoms with Crippen molar-refractivity contribution in [3.05, 3.63) is 146 Å². The van der Waals surface area contributed by atoms with Gasteiger partial charge in [0.15, 0.2) is 17.5 Å². The number of rotatable bonds is 4. The molecule has 0 radical (unpaired) electrons. The Hall–Kier alpha value is -6.46. The number of furan rings is 1. The third kappa shape index (κ3) is 4.03. The Balaban J connectivity index is 1.15. The molecule has 5 heteroatoms. The largest absolute Gasteiger partial charge is 0.456 e. The Kier molecular flexibility index (Phi) is 5.51. The van der Waals surface area contributed by atoms with Crippen LogP contribution in [0.5, 0.6) is 0 Å². The van der Waals surface area contributed by atoms with E-state index in [1.807, 2.05) is 66.7 Å². The zero-order valence-electron chi connectivity index (χ0n) is 25.1. The molecule has 3 heterocycles. The standard InChI is InChI=1S/C42H24N4O/c1-3-10-25(11-4-1)40-44-41(26-12-5-2-6-13-26)46-42(45-40)39-38-33-19-18-27(24-36(33)47-35(38)20-21-43-39)29-22-28-14-9-17-32-30-15-7-8-16-31(30)34(23-29)37(28)32/h1-24H. The number of fused-ring (bicyclic) bond motifs is 6. The Morgan fingerprint density at radius 3 is 1.81 bits per heavy atom. The summed E-state index contributed by atoms with van der Waals surface area (Å²) in [6, 6.07) is 48.2. The fourth-order valence-corrected chi connectivity index (χ4v) is 6.97. The van der Waals surface area contributed by atoms with Crippen LogP contribution >= 0.6 is 0 Å². The van der Waals surface area contributed by atoms with Crippen molar-refractivity contribution in [3.8, 4) is 67.7 Å². The molecule has 6 aromatic carbocycles. The van der Waals surface area contributed by atoms with E-state index in [9.17, 15) is 0 Å². The lowest BCUT2D eigenvalue weighted by molar-refractivity contribution is 0.668. The molecule has 1 aliphatic carbocycles. The maximum atomic E-state index is 6.51. The van der Waals surface area contributed by atoms with Crippen LogP contribution in [-0.4, -0.2) is 19.9 Å². The van der Waals surface area contributed by atoms with E-state index in [2.05, 4.69) is 72.8 Å². The molecule has 5 nitrogen and oxygen atoms in total. The first-order chi connectivity index (χ1) is 23.3. The third-order valence-electron chi connectivity index (χ3n) is 9.11. The molecule has 1 aliphatic rings. The van der Waals surface area contributed by atoms with Crippen LogP contribution in [0.3, 0.4) is 0 Å². The van der Waals surface area contributed by atoms with Gasteiger partial charge in [0.05, 0.1) is 5.39 Å². The lowest BCUT2D eigenvalue weighted by Crippen LogP contribution is -2.01. The van der Waals surface area contributed by atoms with Crippen LogP contribution in [0.1, 0.15) is 0 Å². The van der Waals surface area contributed by atoms with Crippen LogP contribution in [0.25, 0.3) is 100 Å². The number of hydrogen-bond donors (Lipinski definition) is 0. The molecule has 0 fully saturated rings. The normalized spacial score (nSPS) is 11.8. The van der Waals surface area contributed by atoms with Crippen molar-refractivity contribution in [1.82, 2.24) is 19.9 Å². The minimum atomic E-state index is 0.502. The highest BCUT2D eigenvalue weighted by Gasteiger charge is 2.23. The topological polar surface area (TPSA) is 64.7 Å². The molecule has 10 rings (SSSR count). The van der Waals surface area contributed by atoms with Crippen LogP contribution in [0.2, 0.25) is 0 Å². The second kappa shape index (κ2) is 10.0. The minimum absolute atomic E-state index is 0.502. The Bertz CT molecular complexity index is 2620. The van der Waals surface area contributed by atoms with Gasteiger partial charge in [0.25, 0.3) is 0 Å². The minimum Gasteiger partial charge on any atom is -0.456 e. The van der Waals surface area contributed by atoms with Crippen molar-refractivity contribution in [2.45, 2.75) is 0 Å². The first kappa shape index (κ1) is 25.8. The van der Waals surface area contributed by atoms with Gasteiger partial charge in [-0.1, -0.05) is 109 Å². The van der Waals surface area contributed by atoms with Gasteiger partial charge in [-0.2, -0.15) is 0 Å². The SMILES string of the molecule is c1ccc(-c2nc(-c3ccccc3)nc(-c3nccc4oc5cc(-c6cc7c8c(cccc8c6)-c6ccccc6-7)ccc5c34)n2)cc1. The van der Waals surface area contributed by atoms with Gasteiger partial charge >= 0.3 is 0 Å². The first-order valence-corrected chi connectivity index (χ1v) is 15.6. The van der Waals surface area contributed by atoms with Gasteiger partial charge < -0.3 is 4.42 Å². The monoisotopic (exact) mass is 600 g/mol. The Morgan fingerprint density at radius 2 is 1.06 bits per heavy atom. The van der Waals surface area contributed by atoms with E-state index in [0.717, 1.165) is 44.2 Å². The van der Waals surface area contributed by atoms with E-state index < -0.39 is 0 Å². The fraction of sp³-hybridized carbons (Fsp3) is 0.